The fourth-order valence-electron chi connectivity index (χ4n) is 3.38. The van der Waals surface area contributed by atoms with Crippen LogP contribution in [0.1, 0.15) is 40.6 Å². The van der Waals surface area contributed by atoms with Crippen molar-refractivity contribution in [3.63, 3.8) is 0 Å². The van der Waals surface area contributed by atoms with Crippen LogP contribution in [0.4, 0.5) is 0 Å². The summed E-state index contributed by atoms with van der Waals surface area (Å²) >= 11 is 0. The van der Waals surface area contributed by atoms with Crippen LogP contribution in [0.3, 0.4) is 0 Å². The SMILES string of the molecule is O=C(NCCc1ccco1)c1cc(C2CC2)nc2onc(-c3ccccc3)c12. The quantitative estimate of drug-likeness (QED) is 0.544. The third-order valence-electron chi connectivity index (χ3n) is 4.99. The highest BCUT2D eigenvalue weighted by atomic mass is 16.5. The van der Waals surface area contributed by atoms with Gasteiger partial charge in [-0.3, -0.25) is 4.79 Å². The van der Waals surface area contributed by atoms with Gasteiger partial charge in [0.15, 0.2) is 0 Å². The molecule has 0 radical (unpaired) electrons. The number of hydrogen-bond donors (Lipinski definition) is 1. The molecule has 1 saturated carbocycles. The Labute approximate surface area is 161 Å². The maximum absolute atomic E-state index is 13.0. The van der Waals surface area contributed by atoms with Crippen molar-refractivity contribution in [1.82, 2.24) is 15.5 Å². The van der Waals surface area contributed by atoms with E-state index in [0.29, 0.717) is 41.2 Å². The van der Waals surface area contributed by atoms with Crippen molar-refractivity contribution >= 4 is 17.0 Å². The van der Waals surface area contributed by atoms with Crippen LogP contribution in [0.2, 0.25) is 0 Å². The lowest BCUT2D eigenvalue weighted by molar-refractivity contribution is 0.0955. The molecule has 0 spiro atoms. The van der Waals surface area contributed by atoms with Crippen molar-refractivity contribution in [2.45, 2.75) is 25.2 Å². The molecule has 0 saturated heterocycles. The van der Waals surface area contributed by atoms with Gasteiger partial charge in [-0.15, -0.1) is 0 Å². The van der Waals surface area contributed by atoms with E-state index in [1.807, 2.05) is 48.5 Å². The first-order valence-corrected chi connectivity index (χ1v) is 9.46. The Hall–Kier alpha value is -3.41. The van der Waals surface area contributed by atoms with Crippen LogP contribution in [0.15, 0.2) is 63.7 Å². The Kier molecular flexibility index (Phi) is 4.16. The number of hydrogen-bond acceptors (Lipinski definition) is 5. The molecule has 28 heavy (non-hydrogen) atoms. The maximum Gasteiger partial charge on any atom is 0.259 e. The molecule has 0 bridgehead atoms. The number of carbonyl (C=O) groups is 1. The van der Waals surface area contributed by atoms with Gasteiger partial charge in [0.2, 0.25) is 0 Å². The minimum absolute atomic E-state index is 0.152. The highest BCUT2D eigenvalue weighted by Gasteiger charge is 2.29. The van der Waals surface area contributed by atoms with Crippen LogP contribution in [-0.2, 0) is 6.42 Å². The number of nitrogens with zero attached hydrogens (tertiary/aromatic N) is 2. The fraction of sp³-hybridized carbons (Fsp3) is 0.227. The number of benzene rings is 1. The third kappa shape index (κ3) is 3.17. The van der Waals surface area contributed by atoms with Gasteiger partial charge in [-0.05, 0) is 31.0 Å². The summed E-state index contributed by atoms with van der Waals surface area (Å²) in [6.45, 7) is 0.487. The lowest BCUT2D eigenvalue weighted by Crippen LogP contribution is -2.26. The van der Waals surface area contributed by atoms with E-state index < -0.39 is 0 Å². The minimum Gasteiger partial charge on any atom is -0.469 e. The molecule has 0 unspecified atom stereocenters. The van der Waals surface area contributed by atoms with E-state index in [0.717, 1.165) is 29.9 Å². The molecule has 6 nitrogen and oxygen atoms in total. The van der Waals surface area contributed by atoms with Crippen LogP contribution in [0.5, 0.6) is 0 Å². The van der Waals surface area contributed by atoms with Gasteiger partial charge >= 0.3 is 0 Å². The van der Waals surface area contributed by atoms with Crippen LogP contribution >= 0.6 is 0 Å². The largest absolute Gasteiger partial charge is 0.469 e. The van der Waals surface area contributed by atoms with Gasteiger partial charge in [-0.2, -0.15) is 0 Å². The van der Waals surface area contributed by atoms with Gasteiger partial charge < -0.3 is 14.3 Å². The summed E-state index contributed by atoms with van der Waals surface area (Å²) in [5.74, 6) is 1.10. The van der Waals surface area contributed by atoms with Crippen molar-refractivity contribution < 1.29 is 13.7 Å². The molecule has 140 valence electrons. The number of rotatable bonds is 6. The van der Waals surface area contributed by atoms with Gasteiger partial charge in [0.25, 0.3) is 11.6 Å². The molecule has 0 atom stereocenters. The molecule has 1 N–H and O–H groups in total. The summed E-state index contributed by atoms with van der Waals surface area (Å²) in [5, 5.41) is 7.86. The average molecular weight is 373 g/mol. The van der Waals surface area contributed by atoms with E-state index in [1.54, 1.807) is 6.26 Å². The highest BCUT2D eigenvalue weighted by molar-refractivity contribution is 6.09. The van der Waals surface area contributed by atoms with E-state index in [1.165, 1.54) is 0 Å². The minimum atomic E-state index is -0.152. The number of amides is 1. The molecule has 5 rings (SSSR count). The summed E-state index contributed by atoms with van der Waals surface area (Å²) in [6, 6.07) is 15.3. The number of carbonyl (C=O) groups excluding carboxylic acids is 1. The fourth-order valence-corrected chi connectivity index (χ4v) is 3.38. The van der Waals surface area contributed by atoms with E-state index >= 15 is 0 Å². The number of furan rings is 1. The second-order valence-corrected chi connectivity index (χ2v) is 7.03. The molecule has 3 aromatic heterocycles. The van der Waals surface area contributed by atoms with Gasteiger partial charge in [-0.1, -0.05) is 35.5 Å². The van der Waals surface area contributed by atoms with Crippen LogP contribution in [0, 0.1) is 0 Å². The lowest BCUT2D eigenvalue weighted by Gasteiger charge is -2.08. The Morgan fingerprint density at radius 1 is 1.14 bits per heavy atom. The molecular formula is C22H19N3O3. The Morgan fingerprint density at radius 2 is 2.00 bits per heavy atom. The molecule has 3 heterocycles. The molecule has 1 aromatic carbocycles. The number of fused-ring (bicyclic) bond motifs is 1. The first-order valence-electron chi connectivity index (χ1n) is 9.46. The molecule has 1 amide bonds. The van der Waals surface area contributed by atoms with Crippen LogP contribution < -0.4 is 5.32 Å². The monoisotopic (exact) mass is 373 g/mol. The first kappa shape index (κ1) is 16.7. The summed E-state index contributed by atoms with van der Waals surface area (Å²) in [4.78, 5) is 17.6. The molecule has 4 aromatic rings. The third-order valence-corrected chi connectivity index (χ3v) is 4.99. The van der Waals surface area contributed by atoms with E-state index in [9.17, 15) is 4.79 Å². The number of aromatic nitrogens is 2. The Morgan fingerprint density at radius 3 is 2.75 bits per heavy atom. The lowest BCUT2D eigenvalue weighted by atomic mass is 10.0. The first-order chi connectivity index (χ1) is 13.8. The molecule has 1 aliphatic carbocycles. The van der Waals surface area contributed by atoms with Crippen molar-refractivity contribution in [1.29, 1.82) is 0 Å². The normalized spacial score (nSPS) is 13.7. The van der Waals surface area contributed by atoms with E-state index in [4.69, 9.17) is 8.94 Å². The zero-order chi connectivity index (χ0) is 18.9. The standard InChI is InChI=1S/C22H19N3O3/c26-21(23-11-10-16-7-4-12-27-16)17-13-18(14-8-9-14)24-22-19(17)20(25-28-22)15-5-2-1-3-6-15/h1-7,12-14H,8-11H2,(H,23,26). The summed E-state index contributed by atoms with van der Waals surface area (Å²) in [6.07, 6.45) is 4.46. The maximum atomic E-state index is 13.0. The predicted molar refractivity (Wildman–Crippen MR) is 104 cm³/mol. The van der Waals surface area contributed by atoms with Gasteiger partial charge in [0.05, 0.1) is 17.2 Å². The second-order valence-electron chi connectivity index (χ2n) is 7.03. The van der Waals surface area contributed by atoms with E-state index in [-0.39, 0.29) is 5.91 Å². The molecule has 6 heteroatoms. The molecule has 1 aliphatic rings. The topological polar surface area (TPSA) is 81.2 Å². The summed E-state index contributed by atoms with van der Waals surface area (Å²) in [7, 11) is 0. The van der Waals surface area contributed by atoms with Crippen LogP contribution in [0.25, 0.3) is 22.4 Å². The van der Waals surface area contributed by atoms with Gasteiger partial charge in [-0.25, -0.2) is 4.98 Å². The zero-order valence-electron chi connectivity index (χ0n) is 15.2. The Balaban J connectivity index is 1.51. The number of nitrogens with one attached hydrogen (secondary N) is 1. The smallest absolute Gasteiger partial charge is 0.259 e. The molecular weight excluding hydrogens is 354 g/mol. The van der Waals surface area contributed by atoms with Crippen molar-refractivity contribution in [2.24, 2.45) is 0 Å². The van der Waals surface area contributed by atoms with Gasteiger partial charge in [0.1, 0.15) is 11.5 Å². The van der Waals surface area contributed by atoms with Crippen molar-refractivity contribution in [3.8, 4) is 11.3 Å². The average Bonchev–Trinajstić information content (AvgIpc) is 3.28. The van der Waals surface area contributed by atoms with Crippen molar-refractivity contribution in [2.75, 3.05) is 6.54 Å². The number of pyridine rings is 1. The zero-order valence-corrected chi connectivity index (χ0v) is 15.2. The van der Waals surface area contributed by atoms with Crippen molar-refractivity contribution in [3.05, 3.63) is 71.8 Å². The van der Waals surface area contributed by atoms with E-state index in [2.05, 4.69) is 15.5 Å². The molecule has 1 fully saturated rings. The van der Waals surface area contributed by atoms with Crippen LogP contribution in [-0.4, -0.2) is 22.6 Å². The second kappa shape index (κ2) is 6.96. The van der Waals surface area contributed by atoms with Gasteiger partial charge in [0, 0.05) is 30.1 Å². The summed E-state index contributed by atoms with van der Waals surface area (Å²) < 4.78 is 10.8. The Bertz CT molecular complexity index is 1110. The highest BCUT2D eigenvalue weighted by Crippen LogP contribution is 2.41. The predicted octanol–water partition coefficient (Wildman–Crippen LogP) is 4.33. The summed E-state index contributed by atoms with van der Waals surface area (Å²) in [5.41, 5.74) is 3.42. The molecule has 0 aliphatic heterocycles.